The Hall–Kier alpha value is -2.80. The van der Waals surface area contributed by atoms with Crippen LogP contribution in [-0.4, -0.2) is 24.2 Å². The summed E-state index contributed by atoms with van der Waals surface area (Å²) in [6.45, 7) is 0. The van der Waals surface area contributed by atoms with Crippen LogP contribution < -0.4 is 11.2 Å². The molecule has 1 atom stereocenters. The highest BCUT2D eigenvalue weighted by Gasteiger charge is 2.16. The molecule has 1 aromatic carbocycles. The summed E-state index contributed by atoms with van der Waals surface area (Å²) in [5.41, 5.74) is 0.150. The van der Waals surface area contributed by atoms with Crippen LogP contribution in [-0.2, 0) is 14.1 Å². The highest BCUT2D eigenvalue weighted by Crippen LogP contribution is 2.19. The van der Waals surface area contributed by atoms with Gasteiger partial charge in [0, 0.05) is 14.1 Å². The second kappa shape index (κ2) is 5.19. The quantitative estimate of drug-likeness (QED) is 0.725. The molecule has 7 heteroatoms. The molecule has 0 spiro atoms. The molecule has 0 saturated carbocycles. The van der Waals surface area contributed by atoms with Gasteiger partial charge in [0.2, 0.25) is 0 Å². The highest BCUT2D eigenvalue weighted by atomic mass is 16.3. The topological polar surface area (TPSA) is 90.0 Å². The van der Waals surface area contributed by atoms with E-state index < -0.39 is 17.4 Å². The van der Waals surface area contributed by atoms with Gasteiger partial charge in [-0.3, -0.25) is 13.9 Å². The number of nitrogens with zero attached hydrogens (tertiary/aromatic N) is 4. The lowest BCUT2D eigenvalue weighted by Crippen LogP contribution is -2.37. The van der Waals surface area contributed by atoms with Crippen LogP contribution in [0.5, 0.6) is 0 Å². The third-order valence-electron chi connectivity index (χ3n) is 3.57. The molecular weight excluding hydrogens is 284 g/mol. The number of hydrogen-bond acceptors (Lipinski definition) is 5. The van der Waals surface area contributed by atoms with Gasteiger partial charge in [-0.15, -0.1) is 0 Å². The smallest absolute Gasteiger partial charge is 0.332 e. The Kier molecular flexibility index (Phi) is 3.34. The third kappa shape index (κ3) is 2.11. The number of aliphatic hydroxyl groups excluding tert-OH is 1. The van der Waals surface area contributed by atoms with Crippen molar-refractivity contribution in [1.29, 1.82) is 0 Å². The van der Waals surface area contributed by atoms with Gasteiger partial charge in [0.05, 0.1) is 11.9 Å². The fourth-order valence-corrected chi connectivity index (χ4v) is 2.28. The summed E-state index contributed by atoms with van der Waals surface area (Å²) in [5.74, 6) is 0. The van der Waals surface area contributed by atoms with Crippen LogP contribution in [0.15, 0.2) is 46.1 Å². The van der Waals surface area contributed by atoms with E-state index in [0.717, 1.165) is 4.57 Å². The van der Waals surface area contributed by atoms with Crippen molar-refractivity contribution in [2.75, 3.05) is 0 Å². The van der Waals surface area contributed by atoms with Gasteiger partial charge >= 0.3 is 5.69 Å². The van der Waals surface area contributed by atoms with Gasteiger partial charge in [0.25, 0.3) is 5.56 Å². The van der Waals surface area contributed by atoms with Crippen molar-refractivity contribution in [2.24, 2.45) is 14.1 Å². The van der Waals surface area contributed by atoms with E-state index in [-0.39, 0.29) is 16.9 Å². The standard InChI is InChI=1S/C15H14N4O3/c1-18-13-11(14(21)19(2)15(18)22)17-10(8-16-13)12(20)9-6-4-3-5-7-9/h3-8,12,20H,1-2H3. The Morgan fingerprint density at radius 2 is 1.77 bits per heavy atom. The molecular formula is C15H14N4O3. The SMILES string of the molecule is Cn1c(=O)c2nc(C(O)c3ccccc3)cnc2n(C)c1=O. The largest absolute Gasteiger partial charge is 0.382 e. The van der Waals surface area contributed by atoms with Crippen LogP contribution in [0.3, 0.4) is 0 Å². The van der Waals surface area contributed by atoms with Crippen LogP contribution in [0.25, 0.3) is 11.2 Å². The zero-order valence-electron chi connectivity index (χ0n) is 12.1. The normalized spacial score (nSPS) is 12.5. The monoisotopic (exact) mass is 298 g/mol. The molecule has 22 heavy (non-hydrogen) atoms. The molecule has 0 radical (unpaired) electrons. The first-order valence-corrected chi connectivity index (χ1v) is 6.66. The molecule has 0 fully saturated rings. The van der Waals surface area contributed by atoms with E-state index in [4.69, 9.17) is 0 Å². The molecule has 1 N–H and O–H groups in total. The van der Waals surface area contributed by atoms with E-state index in [1.807, 2.05) is 6.07 Å². The van der Waals surface area contributed by atoms with Gasteiger partial charge < -0.3 is 5.11 Å². The average molecular weight is 298 g/mol. The first-order chi connectivity index (χ1) is 10.5. The van der Waals surface area contributed by atoms with Gasteiger partial charge in [-0.05, 0) is 5.56 Å². The van der Waals surface area contributed by atoms with E-state index in [2.05, 4.69) is 9.97 Å². The maximum atomic E-state index is 12.2. The van der Waals surface area contributed by atoms with E-state index in [0.29, 0.717) is 5.56 Å². The minimum absolute atomic E-state index is 0.0529. The number of aryl methyl sites for hydroxylation is 1. The summed E-state index contributed by atoms with van der Waals surface area (Å²) in [6.07, 6.45) is 0.388. The molecule has 2 heterocycles. The molecule has 1 unspecified atom stereocenters. The molecule has 0 aliphatic rings. The highest BCUT2D eigenvalue weighted by molar-refractivity contribution is 5.68. The molecule has 2 aromatic heterocycles. The summed E-state index contributed by atoms with van der Waals surface area (Å²) >= 11 is 0. The van der Waals surface area contributed by atoms with Crippen LogP contribution in [0.1, 0.15) is 17.4 Å². The maximum absolute atomic E-state index is 12.2. The molecule has 3 aromatic rings. The molecule has 112 valence electrons. The Labute approximate surface area is 125 Å². The van der Waals surface area contributed by atoms with Crippen molar-refractivity contribution in [3.8, 4) is 0 Å². The molecule has 0 saturated heterocycles. The molecule has 0 aliphatic heterocycles. The number of benzene rings is 1. The van der Waals surface area contributed by atoms with Crippen LogP contribution in [0, 0.1) is 0 Å². The van der Waals surface area contributed by atoms with Crippen LogP contribution in [0.2, 0.25) is 0 Å². The summed E-state index contributed by atoms with van der Waals surface area (Å²) in [4.78, 5) is 32.4. The predicted molar refractivity (Wildman–Crippen MR) is 80.5 cm³/mol. The second-order valence-corrected chi connectivity index (χ2v) is 4.99. The van der Waals surface area contributed by atoms with Gasteiger partial charge in [0.1, 0.15) is 6.10 Å². The lowest BCUT2D eigenvalue weighted by atomic mass is 10.1. The maximum Gasteiger partial charge on any atom is 0.332 e. The van der Waals surface area contributed by atoms with Gasteiger partial charge in [-0.2, -0.15) is 0 Å². The number of fused-ring (bicyclic) bond motifs is 1. The zero-order valence-corrected chi connectivity index (χ0v) is 12.1. The lowest BCUT2D eigenvalue weighted by molar-refractivity contribution is 0.215. The van der Waals surface area contributed by atoms with Crippen molar-refractivity contribution in [3.05, 3.63) is 68.6 Å². The Morgan fingerprint density at radius 3 is 2.45 bits per heavy atom. The Bertz CT molecular complexity index is 960. The third-order valence-corrected chi connectivity index (χ3v) is 3.57. The van der Waals surface area contributed by atoms with Crippen LogP contribution >= 0.6 is 0 Å². The summed E-state index contributed by atoms with van der Waals surface area (Å²) in [7, 11) is 2.90. The van der Waals surface area contributed by atoms with E-state index in [9.17, 15) is 14.7 Å². The average Bonchev–Trinajstić information content (AvgIpc) is 2.57. The van der Waals surface area contributed by atoms with Gasteiger partial charge in [0.15, 0.2) is 11.2 Å². The molecule has 0 bridgehead atoms. The molecule has 3 rings (SSSR count). The number of aromatic nitrogens is 4. The number of rotatable bonds is 2. The molecule has 7 nitrogen and oxygen atoms in total. The minimum atomic E-state index is -0.986. The molecule has 0 amide bonds. The Balaban J connectivity index is 2.23. The zero-order chi connectivity index (χ0) is 15.9. The number of hydrogen-bond donors (Lipinski definition) is 1. The van der Waals surface area contributed by atoms with Crippen molar-refractivity contribution >= 4 is 11.2 Å². The van der Waals surface area contributed by atoms with Gasteiger partial charge in [-0.1, -0.05) is 30.3 Å². The second-order valence-electron chi connectivity index (χ2n) is 4.99. The summed E-state index contributed by atoms with van der Waals surface area (Å²) in [5, 5.41) is 10.4. The van der Waals surface area contributed by atoms with Crippen LogP contribution in [0.4, 0.5) is 0 Å². The number of aliphatic hydroxyl groups is 1. The predicted octanol–water partition coefficient (Wildman–Crippen LogP) is 0.109. The first-order valence-electron chi connectivity index (χ1n) is 6.66. The minimum Gasteiger partial charge on any atom is -0.382 e. The van der Waals surface area contributed by atoms with Gasteiger partial charge in [-0.25, -0.2) is 14.8 Å². The van der Waals surface area contributed by atoms with E-state index >= 15 is 0 Å². The van der Waals surface area contributed by atoms with Crippen molar-refractivity contribution in [2.45, 2.75) is 6.10 Å². The summed E-state index contributed by atoms with van der Waals surface area (Å²) in [6, 6.07) is 8.96. The lowest BCUT2D eigenvalue weighted by Gasteiger charge is -2.12. The van der Waals surface area contributed by atoms with Crippen molar-refractivity contribution in [3.63, 3.8) is 0 Å². The van der Waals surface area contributed by atoms with Crippen molar-refractivity contribution < 1.29 is 5.11 Å². The fraction of sp³-hybridized carbons (Fsp3) is 0.200. The summed E-state index contributed by atoms with van der Waals surface area (Å²) < 4.78 is 2.22. The first kappa shape index (κ1) is 14.2. The fourth-order valence-electron chi connectivity index (χ4n) is 2.28. The van der Waals surface area contributed by atoms with E-state index in [1.165, 1.54) is 24.9 Å². The van der Waals surface area contributed by atoms with Crippen molar-refractivity contribution in [1.82, 2.24) is 19.1 Å². The molecule has 0 aliphatic carbocycles. The Morgan fingerprint density at radius 1 is 1.09 bits per heavy atom. The van der Waals surface area contributed by atoms with E-state index in [1.54, 1.807) is 24.3 Å².